The van der Waals surface area contributed by atoms with Crippen LogP contribution in [-0.2, 0) is 4.79 Å². The molecule has 0 atom stereocenters. The van der Waals surface area contributed by atoms with Crippen molar-refractivity contribution in [1.29, 1.82) is 0 Å². The number of para-hydroxylation sites is 1. The number of aliphatic imine (C=N–C) groups is 1. The van der Waals surface area contributed by atoms with Gasteiger partial charge in [-0.15, -0.1) is 0 Å². The first kappa shape index (κ1) is 12.8. The Kier molecular flexibility index (Phi) is 3.93. The number of benzene rings is 2. The van der Waals surface area contributed by atoms with Gasteiger partial charge in [0.2, 0.25) is 5.91 Å². The molecule has 19 heavy (non-hydrogen) atoms. The summed E-state index contributed by atoms with van der Waals surface area (Å²) in [5, 5.41) is 12.4. The van der Waals surface area contributed by atoms with Crippen molar-refractivity contribution in [3.05, 3.63) is 54.1 Å². The fourth-order valence-electron chi connectivity index (χ4n) is 1.60. The lowest BCUT2D eigenvalue weighted by molar-refractivity contribution is -0.114. The molecule has 96 valence electrons. The molecule has 2 aromatic carbocycles. The van der Waals surface area contributed by atoms with E-state index >= 15 is 0 Å². The number of rotatable bonds is 3. The maximum atomic E-state index is 11.0. The van der Waals surface area contributed by atoms with Crippen molar-refractivity contribution in [2.75, 3.05) is 5.32 Å². The molecule has 0 heterocycles. The lowest BCUT2D eigenvalue weighted by Gasteiger charge is -2.04. The van der Waals surface area contributed by atoms with E-state index in [-0.39, 0.29) is 11.7 Å². The van der Waals surface area contributed by atoms with Crippen LogP contribution in [0, 0.1) is 0 Å². The van der Waals surface area contributed by atoms with Crippen LogP contribution in [0.2, 0.25) is 0 Å². The Balaban J connectivity index is 2.24. The van der Waals surface area contributed by atoms with Crippen LogP contribution in [0.25, 0.3) is 0 Å². The number of carbonyl (C=O) groups is 1. The average molecular weight is 254 g/mol. The predicted molar refractivity (Wildman–Crippen MR) is 76.1 cm³/mol. The molecule has 0 fully saturated rings. The Labute approximate surface area is 111 Å². The van der Waals surface area contributed by atoms with Crippen LogP contribution in [0.4, 0.5) is 11.4 Å². The topological polar surface area (TPSA) is 61.7 Å². The van der Waals surface area contributed by atoms with Gasteiger partial charge >= 0.3 is 0 Å². The van der Waals surface area contributed by atoms with Crippen molar-refractivity contribution in [1.82, 2.24) is 0 Å². The maximum absolute atomic E-state index is 11.0. The summed E-state index contributed by atoms with van der Waals surface area (Å²) in [6.45, 7) is 1.44. The first-order chi connectivity index (χ1) is 9.15. The quantitative estimate of drug-likeness (QED) is 0.653. The van der Waals surface area contributed by atoms with Gasteiger partial charge in [-0.1, -0.05) is 18.2 Å². The highest BCUT2D eigenvalue weighted by Crippen LogP contribution is 2.21. The number of nitrogens with zero attached hydrogens (tertiary/aromatic N) is 1. The summed E-state index contributed by atoms with van der Waals surface area (Å²) in [5.41, 5.74) is 1.97. The van der Waals surface area contributed by atoms with Gasteiger partial charge in [0.1, 0.15) is 5.75 Å². The van der Waals surface area contributed by atoms with E-state index in [1.807, 2.05) is 30.3 Å². The summed E-state index contributed by atoms with van der Waals surface area (Å²) >= 11 is 0. The zero-order chi connectivity index (χ0) is 13.7. The molecule has 0 saturated heterocycles. The summed E-state index contributed by atoms with van der Waals surface area (Å²) in [5.74, 6) is -0.0366. The molecule has 0 aliphatic carbocycles. The van der Waals surface area contributed by atoms with E-state index in [1.54, 1.807) is 18.3 Å². The molecule has 1 amide bonds. The fraction of sp³-hybridized carbons (Fsp3) is 0.0667. The van der Waals surface area contributed by atoms with Crippen LogP contribution < -0.4 is 5.32 Å². The molecule has 0 aliphatic heterocycles. The molecular formula is C15H14N2O2. The van der Waals surface area contributed by atoms with Crippen molar-refractivity contribution in [2.45, 2.75) is 6.92 Å². The minimum absolute atomic E-state index is 0.119. The molecule has 0 saturated carbocycles. The number of phenolic OH excluding ortho intramolecular Hbond substituents is 1. The molecule has 0 unspecified atom stereocenters. The molecule has 2 rings (SSSR count). The number of phenols is 1. The van der Waals surface area contributed by atoms with E-state index in [2.05, 4.69) is 10.3 Å². The highest BCUT2D eigenvalue weighted by atomic mass is 16.3. The average Bonchev–Trinajstić information content (AvgIpc) is 2.40. The zero-order valence-electron chi connectivity index (χ0n) is 10.5. The van der Waals surface area contributed by atoms with Crippen LogP contribution in [0.3, 0.4) is 0 Å². The number of hydrogen-bond donors (Lipinski definition) is 2. The fourth-order valence-corrected chi connectivity index (χ4v) is 1.60. The van der Waals surface area contributed by atoms with Crippen LogP contribution in [0.15, 0.2) is 53.5 Å². The SMILES string of the molecule is CC(=O)Nc1ccc(O)c(C=Nc2ccccc2)c1. The number of nitrogens with one attached hydrogen (secondary N) is 1. The normalized spacial score (nSPS) is 10.6. The number of hydrogen-bond acceptors (Lipinski definition) is 3. The standard InChI is InChI=1S/C15H14N2O2/c1-11(18)17-14-7-8-15(19)12(9-14)10-16-13-5-3-2-4-6-13/h2-10,19H,1H3,(H,17,18). The summed E-state index contributed by atoms with van der Waals surface area (Å²) in [4.78, 5) is 15.2. The van der Waals surface area contributed by atoms with Crippen molar-refractivity contribution < 1.29 is 9.90 Å². The third-order valence-corrected chi connectivity index (χ3v) is 2.46. The molecular weight excluding hydrogens is 240 g/mol. The van der Waals surface area contributed by atoms with E-state index in [9.17, 15) is 9.90 Å². The van der Waals surface area contributed by atoms with Crippen molar-refractivity contribution in [2.24, 2.45) is 4.99 Å². The molecule has 0 aliphatic rings. The van der Waals surface area contributed by atoms with Crippen molar-refractivity contribution in [3.8, 4) is 5.75 Å². The molecule has 0 radical (unpaired) electrons. The second kappa shape index (κ2) is 5.82. The van der Waals surface area contributed by atoms with Gasteiger partial charge in [-0.2, -0.15) is 0 Å². The Hall–Kier alpha value is -2.62. The van der Waals surface area contributed by atoms with Gasteiger partial charge in [-0.05, 0) is 30.3 Å². The third-order valence-electron chi connectivity index (χ3n) is 2.46. The van der Waals surface area contributed by atoms with Gasteiger partial charge in [-0.25, -0.2) is 0 Å². The lowest BCUT2D eigenvalue weighted by atomic mass is 10.2. The Morgan fingerprint density at radius 1 is 1.21 bits per heavy atom. The smallest absolute Gasteiger partial charge is 0.221 e. The van der Waals surface area contributed by atoms with E-state index in [0.29, 0.717) is 11.3 Å². The molecule has 4 heteroatoms. The second-order valence-electron chi connectivity index (χ2n) is 4.05. The highest BCUT2D eigenvalue weighted by Gasteiger charge is 2.01. The van der Waals surface area contributed by atoms with Crippen molar-refractivity contribution in [3.63, 3.8) is 0 Å². The van der Waals surface area contributed by atoms with E-state index in [4.69, 9.17) is 0 Å². The van der Waals surface area contributed by atoms with Crippen LogP contribution in [0.1, 0.15) is 12.5 Å². The van der Waals surface area contributed by atoms with Gasteiger partial charge < -0.3 is 10.4 Å². The van der Waals surface area contributed by atoms with Crippen LogP contribution >= 0.6 is 0 Å². The summed E-state index contributed by atoms with van der Waals surface area (Å²) < 4.78 is 0. The van der Waals surface area contributed by atoms with Crippen molar-refractivity contribution >= 4 is 23.5 Å². The molecule has 0 spiro atoms. The van der Waals surface area contributed by atoms with Gasteiger partial charge in [0.15, 0.2) is 0 Å². The second-order valence-corrected chi connectivity index (χ2v) is 4.05. The first-order valence-electron chi connectivity index (χ1n) is 5.85. The van der Waals surface area contributed by atoms with Gasteiger partial charge in [0, 0.05) is 24.4 Å². The lowest BCUT2D eigenvalue weighted by Crippen LogP contribution is -2.05. The van der Waals surface area contributed by atoms with Gasteiger partial charge in [-0.3, -0.25) is 9.79 Å². The number of anilines is 1. The summed E-state index contributed by atoms with van der Waals surface area (Å²) in [6.07, 6.45) is 1.57. The number of aromatic hydroxyl groups is 1. The van der Waals surface area contributed by atoms with E-state index in [0.717, 1.165) is 5.69 Å². The molecule has 2 N–H and O–H groups in total. The minimum Gasteiger partial charge on any atom is -0.507 e. The first-order valence-corrected chi connectivity index (χ1v) is 5.85. The number of carbonyl (C=O) groups excluding carboxylic acids is 1. The third kappa shape index (κ3) is 3.67. The Bertz CT molecular complexity index is 607. The van der Waals surface area contributed by atoms with Crippen LogP contribution in [-0.4, -0.2) is 17.2 Å². The molecule has 0 bridgehead atoms. The molecule has 2 aromatic rings. The monoisotopic (exact) mass is 254 g/mol. The Morgan fingerprint density at radius 2 is 1.95 bits per heavy atom. The minimum atomic E-state index is -0.156. The molecule has 4 nitrogen and oxygen atoms in total. The zero-order valence-corrected chi connectivity index (χ0v) is 10.5. The molecule has 0 aromatic heterocycles. The van der Waals surface area contributed by atoms with E-state index < -0.39 is 0 Å². The van der Waals surface area contributed by atoms with Gasteiger partial charge in [0.05, 0.1) is 5.69 Å². The summed E-state index contributed by atoms with van der Waals surface area (Å²) in [6, 6.07) is 14.3. The number of amides is 1. The predicted octanol–water partition coefficient (Wildman–Crippen LogP) is 3.10. The van der Waals surface area contributed by atoms with Gasteiger partial charge in [0.25, 0.3) is 0 Å². The highest BCUT2D eigenvalue weighted by molar-refractivity contribution is 5.92. The maximum Gasteiger partial charge on any atom is 0.221 e. The van der Waals surface area contributed by atoms with E-state index in [1.165, 1.54) is 13.0 Å². The van der Waals surface area contributed by atoms with Crippen LogP contribution in [0.5, 0.6) is 5.75 Å². The Morgan fingerprint density at radius 3 is 2.63 bits per heavy atom. The summed E-state index contributed by atoms with van der Waals surface area (Å²) in [7, 11) is 0. The largest absolute Gasteiger partial charge is 0.507 e.